The second-order valence-electron chi connectivity index (χ2n) is 6.21. The van der Waals surface area contributed by atoms with Gasteiger partial charge < -0.3 is 14.7 Å². The normalized spacial score (nSPS) is 14.3. The molecule has 7 nitrogen and oxygen atoms in total. The van der Waals surface area contributed by atoms with Gasteiger partial charge in [0.1, 0.15) is 23.2 Å². The summed E-state index contributed by atoms with van der Waals surface area (Å²) in [6.07, 6.45) is 3.93. The number of anilines is 1. The Balaban J connectivity index is 1.50. The highest BCUT2D eigenvalue weighted by Gasteiger charge is 2.19. The van der Waals surface area contributed by atoms with Gasteiger partial charge in [0.25, 0.3) is 5.71 Å². The number of nitrogens with one attached hydrogen (secondary N) is 1. The number of halogens is 1. The molecule has 1 saturated heterocycles. The van der Waals surface area contributed by atoms with Crippen LogP contribution in [0.3, 0.4) is 0 Å². The van der Waals surface area contributed by atoms with Gasteiger partial charge in [-0.3, -0.25) is 4.79 Å². The first-order valence-corrected chi connectivity index (χ1v) is 8.98. The van der Waals surface area contributed by atoms with E-state index >= 15 is 0 Å². The van der Waals surface area contributed by atoms with Gasteiger partial charge in [-0.05, 0) is 25.0 Å². The van der Waals surface area contributed by atoms with Crippen molar-refractivity contribution in [2.75, 3.05) is 25.0 Å². The third-order valence-corrected chi connectivity index (χ3v) is 4.71. The molecule has 8 heteroatoms. The van der Waals surface area contributed by atoms with Crippen LogP contribution in [0.15, 0.2) is 35.1 Å². The SMILES string of the molecule is O=C1CCCN1CCCNc1ncnc2onc(-c3ccc(Cl)cc3)c12. The third-order valence-electron chi connectivity index (χ3n) is 4.46. The average Bonchev–Trinajstić information content (AvgIpc) is 3.26. The van der Waals surface area contributed by atoms with Crippen molar-refractivity contribution in [2.24, 2.45) is 0 Å². The van der Waals surface area contributed by atoms with Crippen LogP contribution in [-0.2, 0) is 4.79 Å². The highest BCUT2D eigenvalue weighted by molar-refractivity contribution is 6.30. The summed E-state index contributed by atoms with van der Waals surface area (Å²) in [6, 6.07) is 7.38. The minimum Gasteiger partial charge on any atom is -0.369 e. The Morgan fingerprint density at radius 3 is 2.85 bits per heavy atom. The second-order valence-corrected chi connectivity index (χ2v) is 6.64. The van der Waals surface area contributed by atoms with Crippen molar-refractivity contribution in [3.05, 3.63) is 35.6 Å². The molecule has 0 bridgehead atoms. The molecule has 26 heavy (non-hydrogen) atoms. The van der Waals surface area contributed by atoms with Gasteiger partial charge in [0.15, 0.2) is 0 Å². The number of fused-ring (bicyclic) bond motifs is 1. The van der Waals surface area contributed by atoms with E-state index in [9.17, 15) is 4.79 Å². The van der Waals surface area contributed by atoms with Crippen LogP contribution in [0.4, 0.5) is 5.82 Å². The number of likely N-dealkylation sites (tertiary alicyclic amines) is 1. The molecule has 0 atom stereocenters. The maximum Gasteiger partial charge on any atom is 0.263 e. The molecule has 4 rings (SSSR count). The van der Waals surface area contributed by atoms with E-state index in [2.05, 4.69) is 20.4 Å². The lowest BCUT2D eigenvalue weighted by Crippen LogP contribution is -2.27. The summed E-state index contributed by atoms with van der Waals surface area (Å²) in [6.45, 7) is 2.32. The Kier molecular flexibility index (Phi) is 4.71. The van der Waals surface area contributed by atoms with E-state index in [1.54, 1.807) is 12.1 Å². The van der Waals surface area contributed by atoms with Crippen molar-refractivity contribution in [3.8, 4) is 11.3 Å². The topological polar surface area (TPSA) is 84.2 Å². The Labute approximate surface area is 155 Å². The first-order chi connectivity index (χ1) is 12.7. The fourth-order valence-electron chi connectivity index (χ4n) is 3.14. The summed E-state index contributed by atoms with van der Waals surface area (Å²) in [4.78, 5) is 22.1. The lowest BCUT2D eigenvalue weighted by Gasteiger charge is -2.15. The van der Waals surface area contributed by atoms with Crippen molar-refractivity contribution >= 4 is 34.4 Å². The number of rotatable bonds is 6. The van der Waals surface area contributed by atoms with Crippen LogP contribution >= 0.6 is 11.6 Å². The molecule has 1 amide bonds. The van der Waals surface area contributed by atoms with Gasteiger partial charge in [0.05, 0.1) is 0 Å². The van der Waals surface area contributed by atoms with E-state index in [0.717, 1.165) is 36.9 Å². The first kappa shape index (κ1) is 16.8. The highest BCUT2D eigenvalue weighted by atomic mass is 35.5. The smallest absolute Gasteiger partial charge is 0.263 e. The number of amides is 1. The molecule has 1 N–H and O–H groups in total. The fraction of sp³-hybridized carbons (Fsp3) is 0.333. The third kappa shape index (κ3) is 3.35. The fourth-order valence-corrected chi connectivity index (χ4v) is 3.27. The molecule has 0 aliphatic carbocycles. The molecule has 3 heterocycles. The molecule has 0 spiro atoms. The molecule has 0 saturated carbocycles. The zero-order chi connectivity index (χ0) is 17.9. The monoisotopic (exact) mass is 371 g/mol. The Hall–Kier alpha value is -2.67. The Morgan fingerprint density at radius 1 is 1.23 bits per heavy atom. The van der Waals surface area contributed by atoms with Gasteiger partial charge in [-0.25, -0.2) is 4.98 Å². The summed E-state index contributed by atoms with van der Waals surface area (Å²) in [5.74, 6) is 0.924. The number of nitrogens with zero attached hydrogens (tertiary/aromatic N) is 4. The molecule has 1 aliphatic heterocycles. The predicted octanol–water partition coefficient (Wildman–Crippen LogP) is 3.36. The number of hydrogen-bond acceptors (Lipinski definition) is 6. The van der Waals surface area contributed by atoms with E-state index in [0.29, 0.717) is 35.2 Å². The van der Waals surface area contributed by atoms with Gasteiger partial charge >= 0.3 is 0 Å². The van der Waals surface area contributed by atoms with E-state index in [-0.39, 0.29) is 5.91 Å². The zero-order valence-electron chi connectivity index (χ0n) is 14.1. The number of hydrogen-bond donors (Lipinski definition) is 1. The Morgan fingerprint density at radius 2 is 2.08 bits per heavy atom. The van der Waals surface area contributed by atoms with Crippen LogP contribution in [0.25, 0.3) is 22.4 Å². The van der Waals surface area contributed by atoms with Crippen LogP contribution in [0.2, 0.25) is 5.02 Å². The summed E-state index contributed by atoms with van der Waals surface area (Å²) in [7, 11) is 0. The molecule has 0 unspecified atom stereocenters. The molecule has 1 aliphatic rings. The lowest BCUT2D eigenvalue weighted by atomic mass is 10.1. The molecule has 1 aromatic carbocycles. The van der Waals surface area contributed by atoms with Crippen molar-refractivity contribution in [2.45, 2.75) is 19.3 Å². The van der Waals surface area contributed by atoms with Gasteiger partial charge in [-0.1, -0.05) is 28.9 Å². The molecular formula is C18H18ClN5O2. The molecule has 2 aromatic heterocycles. The van der Waals surface area contributed by atoms with Crippen LogP contribution in [-0.4, -0.2) is 45.6 Å². The standard InChI is InChI=1S/C18H18ClN5O2/c19-13-6-4-12(5-7-13)16-15-17(21-11-22-18(15)26-23-16)20-8-2-10-24-9-1-3-14(24)25/h4-7,11H,1-3,8-10H2,(H,20,21,22). The van der Waals surface area contributed by atoms with Crippen LogP contribution in [0.1, 0.15) is 19.3 Å². The first-order valence-electron chi connectivity index (χ1n) is 8.60. The minimum absolute atomic E-state index is 0.249. The van der Waals surface area contributed by atoms with E-state index in [4.69, 9.17) is 16.1 Å². The van der Waals surface area contributed by atoms with Crippen molar-refractivity contribution < 1.29 is 9.32 Å². The van der Waals surface area contributed by atoms with E-state index < -0.39 is 0 Å². The summed E-state index contributed by atoms with van der Waals surface area (Å²) < 4.78 is 5.35. The maximum absolute atomic E-state index is 11.7. The van der Waals surface area contributed by atoms with Crippen molar-refractivity contribution in [1.29, 1.82) is 0 Å². The molecular weight excluding hydrogens is 354 g/mol. The Bertz CT molecular complexity index is 925. The highest BCUT2D eigenvalue weighted by Crippen LogP contribution is 2.31. The molecule has 0 radical (unpaired) electrons. The quantitative estimate of drug-likeness (QED) is 0.669. The lowest BCUT2D eigenvalue weighted by molar-refractivity contribution is -0.127. The van der Waals surface area contributed by atoms with Gasteiger partial charge in [0, 0.05) is 36.6 Å². The minimum atomic E-state index is 0.249. The van der Waals surface area contributed by atoms with Gasteiger partial charge in [-0.2, -0.15) is 4.98 Å². The van der Waals surface area contributed by atoms with Crippen LogP contribution in [0, 0.1) is 0 Å². The van der Waals surface area contributed by atoms with E-state index in [1.165, 1.54) is 6.33 Å². The van der Waals surface area contributed by atoms with Gasteiger partial charge in [0.2, 0.25) is 5.91 Å². The van der Waals surface area contributed by atoms with Gasteiger partial charge in [-0.15, -0.1) is 0 Å². The predicted molar refractivity (Wildman–Crippen MR) is 99.0 cm³/mol. The summed E-state index contributed by atoms with van der Waals surface area (Å²) >= 11 is 5.96. The number of benzene rings is 1. The number of aromatic nitrogens is 3. The zero-order valence-corrected chi connectivity index (χ0v) is 14.9. The van der Waals surface area contributed by atoms with Crippen LogP contribution in [0.5, 0.6) is 0 Å². The number of carbonyl (C=O) groups excluding carboxylic acids is 1. The largest absolute Gasteiger partial charge is 0.369 e. The van der Waals surface area contributed by atoms with Crippen molar-refractivity contribution in [1.82, 2.24) is 20.0 Å². The van der Waals surface area contributed by atoms with E-state index in [1.807, 2.05) is 17.0 Å². The summed E-state index contributed by atoms with van der Waals surface area (Å²) in [5.41, 5.74) is 1.99. The maximum atomic E-state index is 11.7. The average molecular weight is 372 g/mol. The van der Waals surface area contributed by atoms with Crippen molar-refractivity contribution in [3.63, 3.8) is 0 Å². The second kappa shape index (κ2) is 7.29. The number of carbonyl (C=O) groups is 1. The molecule has 3 aromatic rings. The molecule has 1 fully saturated rings. The van der Waals surface area contributed by atoms with Crippen LogP contribution < -0.4 is 5.32 Å². The molecule has 134 valence electrons. The summed E-state index contributed by atoms with van der Waals surface area (Å²) in [5, 5.41) is 8.87.